The fourth-order valence-electron chi connectivity index (χ4n) is 2.89. The van der Waals surface area contributed by atoms with Gasteiger partial charge in [0.2, 0.25) is 5.91 Å². The molecule has 0 N–H and O–H groups in total. The lowest BCUT2D eigenvalue weighted by molar-refractivity contribution is -0.133. The second kappa shape index (κ2) is 5.96. The molecule has 2 aromatic rings. The average molecular weight is 340 g/mol. The highest BCUT2D eigenvalue weighted by molar-refractivity contribution is 7.14. The molecule has 1 aromatic heterocycles. The van der Waals surface area contributed by atoms with Gasteiger partial charge in [-0.1, -0.05) is 24.3 Å². The summed E-state index contributed by atoms with van der Waals surface area (Å²) in [6.45, 7) is 0.387. The summed E-state index contributed by atoms with van der Waals surface area (Å²) in [5.74, 6) is -1.06. The van der Waals surface area contributed by atoms with E-state index in [1.54, 1.807) is 12.3 Å². The number of halogens is 3. The molecule has 3 nitrogen and oxygen atoms in total. The molecule has 0 unspecified atom stereocenters. The second-order valence-corrected chi connectivity index (χ2v) is 6.44. The number of carbonyl (C=O) groups excluding carboxylic acids is 1. The van der Waals surface area contributed by atoms with E-state index in [0.717, 1.165) is 27.4 Å². The van der Waals surface area contributed by atoms with Crippen LogP contribution in [0.2, 0.25) is 0 Å². The minimum atomic E-state index is -4.46. The first-order valence-electron chi connectivity index (χ1n) is 7.23. The average Bonchev–Trinajstić information content (AvgIpc) is 3.09. The molecule has 3 rings (SSSR count). The van der Waals surface area contributed by atoms with Gasteiger partial charge in [-0.15, -0.1) is 11.3 Å². The van der Waals surface area contributed by atoms with Gasteiger partial charge in [-0.3, -0.25) is 9.69 Å². The topological polar surface area (TPSA) is 33.2 Å². The predicted octanol–water partition coefficient (Wildman–Crippen LogP) is 4.08. The van der Waals surface area contributed by atoms with Crippen LogP contribution in [0.4, 0.5) is 18.3 Å². The van der Waals surface area contributed by atoms with Gasteiger partial charge < -0.3 is 0 Å². The lowest BCUT2D eigenvalue weighted by Crippen LogP contribution is -2.41. The minimum absolute atomic E-state index is 0.106. The minimum Gasteiger partial charge on any atom is -0.278 e. The molecule has 0 fully saturated rings. The SMILES string of the molecule is Cc1csc(N(CC(F)(F)F)C(=O)[C@@H]2CCc3ccccc32)n1. The zero-order valence-corrected chi connectivity index (χ0v) is 13.2. The van der Waals surface area contributed by atoms with Crippen molar-refractivity contribution < 1.29 is 18.0 Å². The quantitative estimate of drug-likeness (QED) is 0.844. The van der Waals surface area contributed by atoms with Crippen LogP contribution >= 0.6 is 11.3 Å². The summed E-state index contributed by atoms with van der Waals surface area (Å²) in [6.07, 6.45) is -3.21. The number of benzene rings is 1. The van der Waals surface area contributed by atoms with Crippen LogP contribution in [0.1, 0.15) is 29.2 Å². The zero-order chi connectivity index (χ0) is 16.6. The number of thiazole rings is 1. The van der Waals surface area contributed by atoms with Crippen LogP contribution in [0.3, 0.4) is 0 Å². The predicted molar refractivity (Wildman–Crippen MR) is 82.8 cm³/mol. The van der Waals surface area contributed by atoms with Crippen LogP contribution in [0.5, 0.6) is 0 Å². The molecule has 0 spiro atoms. The molecule has 0 bridgehead atoms. The number of rotatable bonds is 3. The molecule has 1 amide bonds. The number of fused-ring (bicyclic) bond motifs is 1. The van der Waals surface area contributed by atoms with Crippen molar-refractivity contribution in [1.82, 2.24) is 4.98 Å². The Bertz CT molecular complexity index is 726. The maximum atomic E-state index is 12.9. The molecule has 1 heterocycles. The molecule has 1 atom stereocenters. The first-order chi connectivity index (χ1) is 10.8. The van der Waals surface area contributed by atoms with Gasteiger partial charge in [0.25, 0.3) is 0 Å². The molecule has 1 aliphatic rings. The van der Waals surface area contributed by atoms with Gasteiger partial charge in [0.1, 0.15) is 6.54 Å². The Hall–Kier alpha value is -1.89. The van der Waals surface area contributed by atoms with Crippen LogP contribution in [0, 0.1) is 6.92 Å². The summed E-state index contributed by atoms with van der Waals surface area (Å²) in [6, 6.07) is 7.43. The van der Waals surface area contributed by atoms with E-state index >= 15 is 0 Å². The third kappa shape index (κ3) is 3.39. The van der Waals surface area contributed by atoms with E-state index in [1.807, 2.05) is 24.3 Å². The number of aromatic nitrogens is 1. The van der Waals surface area contributed by atoms with Crippen LogP contribution in [0.15, 0.2) is 29.6 Å². The van der Waals surface area contributed by atoms with E-state index in [0.29, 0.717) is 18.5 Å². The fourth-order valence-corrected chi connectivity index (χ4v) is 3.69. The first kappa shape index (κ1) is 16.0. The Balaban J connectivity index is 1.92. The van der Waals surface area contributed by atoms with Crippen molar-refractivity contribution in [2.75, 3.05) is 11.4 Å². The Morgan fingerprint density at radius 3 is 2.78 bits per heavy atom. The molecule has 0 aliphatic heterocycles. The highest BCUT2D eigenvalue weighted by Crippen LogP contribution is 2.36. The lowest BCUT2D eigenvalue weighted by Gasteiger charge is -2.24. The third-order valence-corrected chi connectivity index (χ3v) is 4.85. The Kier molecular flexibility index (Phi) is 4.14. The molecule has 0 radical (unpaired) electrons. The standard InChI is InChI=1S/C16H15F3N2OS/c1-10-8-23-15(20-10)21(9-16(17,18)19)14(22)13-7-6-11-4-2-3-5-12(11)13/h2-5,8,13H,6-7,9H2,1H3/t13-/m1/s1. The molecule has 7 heteroatoms. The maximum Gasteiger partial charge on any atom is 0.406 e. The molecular formula is C16H15F3N2OS. The smallest absolute Gasteiger partial charge is 0.278 e. The van der Waals surface area contributed by atoms with Gasteiger partial charge in [0.05, 0.1) is 11.6 Å². The van der Waals surface area contributed by atoms with Crippen LogP contribution in [-0.2, 0) is 11.2 Å². The van der Waals surface area contributed by atoms with Crippen molar-refractivity contribution >= 4 is 22.4 Å². The molecule has 0 saturated carbocycles. The van der Waals surface area contributed by atoms with Gasteiger partial charge in [0, 0.05) is 5.38 Å². The zero-order valence-electron chi connectivity index (χ0n) is 12.4. The Morgan fingerprint density at radius 2 is 2.13 bits per heavy atom. The van der Waals surface area contributed by atoms with E-state index in [1.165, 1.54) is 0 Å². The summed E-state index contributed by atoms with van der Waals surface area (Å²) in [4.78, 5) is 17.6. The Morgan fingerprint density at radius 1 is 1.39 bits per heavy atom. The van der Waals surface area contributed by atoms with Crippen molar-refractivity contribution in [2.45, 2.75) is 31.9 Å². The van der Waals surface area contributed by atoms with Crippen molar-refractivity contribution in [3.8, 4) is 0 Å². The molecule has 122 valence electrons. The van der Waals surface area contributed by atoms with E-state index in [2.05, 4.69) is 4.98 Å². The fraction of sp³-hybridized carbons (Fsp3) is 0.375. The Labute approximate surface area is 135 Å². The first-order valence-corrected chi connectivity index (χ1v) is 8.11. The molecule has 23 heavy (non-hydrogen) atoms. The van der Waals surface area contributed by atoms with Crippen molar-refractivity contribution in [3.63, 3.8) is 0 Å². The van der Waals surface area contributed by atoms with Gasteiger partial charge >= 0.3 is 6.18 Å². The summed E-state index contributed by atoms with van der Waals surface area (Å²) < 4.78 is 38.8. The monoisotopic (exact) mass is 340 g/mol. The number of nitrogens with zero attached hydrogens (tertiary/aromatic N) is 2. The molecular weight excluding hydrogens is 325 g/mol. The summed E-state index contributed by atoms with van der Waals surface area (Å²) >= 11 is 1.06. The van der Waals surface area contributed by atoms with E-state index in [-0.39, 0.29) is 5.13 Å². The normalized spacial score (nSPS) is 17.1. The molecule has 1 aromatic carbocycles. The highest BCUT2D eigenvalue weighted by Gasteiger charge is 2.39. The summed E-state index contributed by atoms with van der Waals surface area (Å²) in [5, 5.41) is 1.75. The van der Waals surface area contributed by atoms with Crippen molar-refractivity contribution in [2.24, 2.45) is 0 Å². The van der Waals surface area contributed by atoms with Crippen molar-refractivity contribution in [3.05, 3.63) is 46.5 Å². The van der Waals surface area contributed by atoms with Gasteiger partial charge in [0.15, 0.2) is 5.13 Å². The number of amides is 1. The van der Waals surface area contributed by atoms with Gasteiger partial charge in [-0.2, -0.15) is 13.2 Å². The number of hydrogen-bond donors (Lipinski definition) is 0. The van der Waals surface area contributed by atoms with E-state index in [9.17, 15) is 18.0 Å². The van der Waals surface area contributed by atoms with Gasteiger partial charge in [-0.05, 0) is 30.9 Å². The second-order valence-electron chi connectivity index (χ2n) is 5.60. The largest absolute Gasteiger partial charge is 0.406 e. The lowest BCUT2D eigenvalue weighted by atomic mass is 10.00. The van der Waals surface area contributed by atoms with Crippen LogP contribution in [-0.4, -0.2) is 23.6 Å². The van der Waals surface area contributed by atoms with E-state index < -0.39 is 24.5 Å². The van der Waals surface area contributed by atoms with Crippen LogP contribution < -0.4 is 4.90 Å². The number of aryl methyl sites for hydroxylation is 2. The number of carbonyl (C=O) groups is 1. The highest BCUT2D eigenvalue weighted by atomic mass is 32.1. The number of anilines is 1. The number of hydrogen-bond acceptors (Lipinski definition) is 3. The van der Waals surface area contributed by atoms with Gasteiger partial charge in [-0.25, -0.2) is 4.98 Å². The van der Waals surface area contributed by atoms with E-state index in [4.69, 9.17) is 0 Å². The molecule has 0 saturated heterocycles. The maximum absolute atomic E-state index is 12.9. The number of alkyl halides is 3. The summed E-state index contributed by atoms with van der Waals surface area (Å²) in [7, 11) is 0. The molecule has 1 aliphatic carbocycles. The summed E-state index contributed by atoms with van der Waals surface area (Å²) in [5.41, 5.74) is 2.47. The van der Waals surface area contributed by atoms with Crippen molar-refractivity contribution in [1.29, 1.82) is 0 Å². The van der Waals surface area contributed by atoms with Crippen LogP contribution in [0.25, 0.3) is 0 Å². The third-order valence-electron chi connectivity index (χ3n) is 3.87.